The second-order valence-electron chi connectivity index (χ2n) is 5.76. The summed E-state index contributed by atoms with van der Waals surface area (Å²) in [5.41, 5.74) is 1.26. The Balaban J connectivity index is 1.97. The summed E-state index contributed by atoms with van der Waals surface area (Å²) in [6, 6.07) is 1.82. The van der Waals surface area contributed by atoms with E-state index in [4.69, 9.17) is 5.11 Å². The molecule has 1 heterocycles. The Labute approximate surface area is 128 Å². The van der Waals surface area contributed by atoms with E-state index < -0.39 is 5.97 Å². The highest BCUT2D eigenvalue weighted by molar-refractivity contribution is 7.15. The van der Waals surface area contributed by atoms with Crippen molar-refractivity contribution in [2.45, 2.75) is 39.5 Å². The smallest absolute Gasteiger partial charge is 0.328 e. The first-order valence-electron chi connectivity index (χ1n) is 7.25. The van der Waals surface area contributed by atoms with Crippen LogP contribution in [0.15, 0.2) is 12.1 Å². The first-order valence-corrected chi connectivity index (χ1v) is 8.07. The molecule has 1 aliphatic carbocycles. The molecule has 1 aromatic rings. The van der Waals surface area contributed by atoms with Crippen LogP contribution in [0, 0.1) is 12.3 Å². The van der Waals surface area contributed by atoms with Crippen LogP contribution < -0.4 is 5.32 Å². The first-order chi connectivity index (χ1) is 9.96. The van der Waals surface area contributed by atoms with Crippen LogP contribution in [0.1, 0.15) is 52.7 Å². The molecule has 1 amide bonds. The molecule has 0 atom stereocenters. The minimum atomic E-state index is -0.982. The molecule has 2 rings (SSSR count). The number of carboxylic acid groups (broad SMARTS) is 1. The van der Waals surface area contributed by atoms with Gasteiger partial charge in [0.05, 0.1) is 4.88 Å². The molecule has 21 heavy (non-hydrogen) atoms. The van der Waals surface area contributed by atoms with E-state index in [1.54, 1.807) is 6.08 Å². The third kappa shape index (κ3) is 4.17. The van der Waals surface area contributed by atoms with Crippen molar-refractivity contribution >= 4 is 29.3 Å². The van der Waals surface area contributed by atoms with Gasteiger partial charge in [-0.05, 0) is 49.3 Å². The molecule has 0 spiro atoms. The summed E-state index contributed by atoms with van der Waals surface area (Å²) >= 11 is 1.33. The number of carbonyl (C=O) groups excluding carboxylic acids is 1. The Morgan fingerprint density at radius 2 is 2.19 bits per heavy atom. The first kappa shape index (κ1) is 15.8. The van der Waals surface area contributed by atoms with Crippen molar-refractivity contribution in [1.82, 2.24) is 5.32 Å². The maximum Gasteiger partial charge on any atom is 0.328 e. The Morgan fingerprint density at radius 3 is 2.76 bits per heavy atom. The molecule has 1 fully saturated rings. The largest absolute Gasteiger partial charge is 0.478 e. The number of carbonyl (C=O) groups is 2. The van der Waals surface area contributed by atoms with Crippen LogP contribution in [0.3, 0.4) is 0 Å². The van der Waals surface area contributed by atoms with Gasteiger partial charge in [0.25, 0.3) is 5.91 Å². The second-order valence-corrected chi connectivity index (χ2v) is 6.85. The van der Waals surface area contributed by atoms with Crippen molar-refractivity contribution in [1.29, 1.82) is 0 Å². The van der Waals surface area contributed by atoms with Crippen LogP contribution in [0.2, 0.25) is 0 Å². The van der Waals surface area contributed by atoms with Crippen molar-refractivity contribution in [2.75, 3.05) is 6.54 Å². The maximum atomic E-state index is 12.2. The van der Waals surface area contributed by atoms with E-state index in [1.165, 1.54) is 30.6 Å². The van der Waals surface area contributed by atoms with Crippen molar-refractivity contribution in [2.24, 2.45) is 5.41 Å². The van der Waals surface area contributed by atoms with Crippen LogP contribution >= 0.6 is 11.3 Å². The van der Waals surface area contributed by atoms with Gasteiger partial charge in [0.15, 0.2) is 0 Å². The van der Waals surface area contributed by atoms with E-state index in [0.29, 0.717) is 10.3 Å². The summed E-state index contributed by atoms with van der Waals surface area (Å²) < 4.78 is 0. The molecule has 2 N–H and O–H groups in total. The van der Waals surface area contributed by atoms with Crippen LogP contribution in [-0.2, 0) is 4.79 Å². The lowest BCUT2D eigenvalue weighted by atomic mass is 10.0. The third-order valence-electron chi connectivity index (χ3n) is 3.92. The Morgan fingerprint density at radius 1 is 1.48 bits per heavy atom. The van der Waals surface area contributed by atoms with Crippen LogP contribution in [0.4, 0.5) is 0 Å². The summed E-state index contributed by atoms with van der Waals surface area (Å²) in [7, 11) is 0. The molecule has 0 saturated heterocycles. The zero-order valence-corrected chi connectivity index (χ0v) is 13.3. The fourth-order valence-electron chi connectivity index (χ4n) is 2.50. The normalized spacial score (nSPS) is 16.1. The van der Waals surface area contributed by atoms with E-state index >= 15 is 0 Å². The number of amides is 1. The summed E-state index contributed by atoms with van der Waals surface area (Å²) in [6.45, 7) is 4.80. The van der Waals surface area contributed by atoms with Gasteiger partial charge in [-0.15, -0.1) is 11.3 Å². The molecule has 0 aromatic carbocycles. The zero-order valence-electron chi connectivity index (χ0n) is 12.4. The van der Waals surface area contributed by atoms with Gasteiger partial charge in [0.2, 0.25) is 0 Å². The molecule has 0 bridgehead atoms. The van der Waals surface area contributed by atoms with Gasteiger partial charge in [0, 0.05) is 17.5 Å². The lowest BCUT2D eigenvalue weighted by molar-refractivity contribution is -0.131. The summed E-state index contributed by atoms with van der Waals surface area (Å²) in [5, 5.41) is 11.7. The fourth-order valence-corrected chi connectivity index (χ4v) is 3.49. The third-order valence-corrected chi connectivity index (χ3v) is 5.12. The lowest BCUT2D eigenvalue weighted by Crippen LogP contribution is -2.29. The maximum absolute atomic E-state index is 12.2. The average molecular weight is 307 g/mol. The van der Waals surface area contributed by atoms with Crippen molar-refractivity contribution in [3.8, 4) is 0 Å². The minimum absolute atomic E-state index is 0.0551. The lowest BCUT2D eigenvalue weighted by Gasteiger charge is -2.14. The van der Waals surface area contributed by atoms with E-state index in [2.05, 4.69) is 12.2 Å². The predicted octanol–water partition coefficient (Wildman–Crippen LogP) is 3.46. The van der Waals surface area contributed by atoms with Crippen LogP contribution in [0.5, 0.6) is 0 Å². The number of aliphatic carboxylic acids is 1. The van der Waals surface area contributed by atoms with Crippen molar-refractivity contribution in [3.63, 3.8) is 0 Å². The van der Waals surface area contributed by atoms with Crippen LogP contribution in [0.25, 0.3) is 6.08 Å². The molecule has 1 saturated carbocycles. The number of thiophene rings is 1. The van der Waals surface area contributed by atoms with Gasteiger partial charge in [-0.1, -0.05) is 13.3 Å². The standard InChI is InChI=1S/C16H21NO3S/c1-3-6-16(7-8-16)10-17-15(20)13-9-11(2)12(21-13)4-5-14(18)19/h4-5,9H,3,6-8,10H2,1-2H3,(H,17,20)(H,18,19)/b5-4+. The molecular weight excluding hydrogens is 286 g/mol. The molecule has 5 heteroatoms. The molecule has 0 aliphatic heterocycles. The predicted molar refractivity (Wildman–Crippen MR) is 84.6 cm³/mol. The summed E-state index contributed by atoms with van der Waals surface area (Å²) in [5.74, 6) is -1.04. The number of rotatable bonds is 7. The van der Waals surface area contributed by atoms with E-state index in [-0.39, 0.29) is 5.91 Å². The molecule has 114 valence electrons. The highest BCUT2D eigenvalue weighted by atomic mass is 32.1. The van der Waals surface area contributed by atoms with E-state index in [0.717, 1.165) is 29.5 Å². The summed E-state index contributed by atoms with van der Waals surface area (Å²) in [6.07, 6.45) is 7.37. The number of aryl methyl sites for hydroxylation is 1. The number of nitrogens with one attached hydrogen (secondary N) is 1. The SMILES string of the molecule is CCCC1(CNC(=O)c2cc(C)c(/C=C/C(=O)O)s2)CC1. The van der Waals surface area contributed by atoms with E-state index in [1.807, 2.05) is 13.0 Å². The molecule has 0 radical (unpaired) electrons. The molecule has 1 aromatic heterocycles. The van der Waals surface area contributed by atoms with Gasteiger partial charge in [-0.2, -0.15) is 0 Å². The number of carboxylic acids is 1. The molecule has 0 unspecified atom stereocenters. The van der Waals surface area contributed by atoms with Crippen LogP contribution in [-0.4, -0.2) is 23.5 Å². The highest BCUT2D eigenvalue weighted by Gasteiger charge is 2.41. The topological polar surface area (TPSA) is 66.4 Å². The van der Waals surface area contributed by atoms with Crippen molar-refractivity contribution in [3.05, 3.63) is 27.5 Å². The zero-order chi connectivity index (χ0) is 15.5. The monoisotopic (exact) mass is 307 g/mol. The van der Waals surface area contributed by atoms with Gasteiger partial charge in [0.1, 0.15) is 0 Å². The molecule has 1 aliphatic rings. The fraction of sp³-hybridized carbons (Fsp3) is 0.500. The Bertz CT molecular complexity index is 570. The summed E-state index contributed by atoms with van der Waals surface area (Å²) in [4.78, 5) is 24.2. The second kappa shape index (κ2) is 6.43. The Kier molecular flexibility index (Phi) is 4.83. The van der Waals surface area contributed by atoms with Gasteiger partial charge >= 0.3 is 5.97 Å². The highest BCUT2D eigenvalue weighted by Crippen LogP contribution is 2.48. The van der Waals surface area contributed by atoms with Crippen molar-refractivity contribution < 1.29 is 14.7 Å². The average Bonchev–Trinajstić information content (AvgIpc) is 3.09. The van der Waals surface area contributed by atoms with Gasteiger partial charge in [-0.25, -0.2) is 4.79 Å². The van der Waals surface area contributed by atoms with Gasteiger partial charge < -0.3 is 10.4 Å². The van der Waals surface area contributed by atoms with Gasteiger partial charge in [-0.3, -0.25) is 4.79 Å². The molecule has 4 nitrogen and oxygen atoms in total. The number of hydrogen-bond acceptors (Lipinski definition) is 3. The minimum Gasteiger partial charge on any atom is -0.478 e. The molecular formula is C16H21NO3S. The number of hydrogen-bond donors (Lipinski definition) is 2. The quantitative estimate of drug-likeness (QED) is 0.758. The Hall–Kier alpha value is -1.62. The van der Waals surface area contributed by atoms with E-state index in [9.17, 15) is 9.59 Å².